The van der Waals surface area contributed by atoms with Gasteiger partial charge in [-0.05, 0) is 50.8 Å². The molecule has 2 heterocycles. The first-order chi connectivity index (χ1) is 14.2. The van der Waals surface area contributed by atoms with Gasteiger partial charge in [-0.25, -0.2) is 8.42 Å². The summed E-state index contributed by atoms with van der Waals surface area (Å²) >= 11 is 0. The first kappa shape index (κ1) is 21.2. The summed E-state index contributed by atoms with van der Waals surface area (Å²) in [6, 6.07) is 6.36. The van der Waals surface area contributed by atoms with Crippen LogP contribution in [0.2, 0.25) is 0 Å². The summed E-state index contributed by atoms with van der Waals surface area (Å²) in [6.07, 6.45) is 2.72. The van der Waals surface area contributed by atoms with Gasteiger partial charge in [0.25, 0.3) is 0 Å². The van der Waals surface area contributed by atoms with Crippen LogP contribution in [0.4, 0.5) is 11.4 Å². The van der Waals surface area contributed by atoms with E-state index in [2.05, 4.69) is 60.3 Å². The van der Waals surface area contributed by atoms with E-state index in [0.29, 0.717) is 19.0 Å². The minimum absolute atomic E-state index is 0.146. The molecule has 1 aromatic carbocycles. The minimum atomic E-state index is -2.93. The van der Waals surface area contributed by atoms with E-state index in [0.717, 1.165) is 41.4 Å². The molecule has 4 rings (SSSR count). The highest BCUT2D eigenvalue weighted by molar-refractivity contribution is 7.91. The van der Waals surface area contributed by atoms with Gasteiger partial charge in [0.2, 0.25) is 0 Å². The topological polar surface area (TPSA) is 61.9 Å². The van der Waals surface area contributed by atoms with Gasteiger partial charge in [0.15, 0.2) is 9.84 Å². The Kier molecular flexibility index (Phi) is 5.86. The maximum atomic E-state index is 11.9. The quantitative estimate of drug-likeness (QED) is 0.745. The number of nitrogens with zero attached hydrogens (tertiary/aromatic N) is 2. The van der Waals surface area contributed by atoms with Crippen LogP contribution in [0.5, 0.6) is 0 Å². The third kappa shape index (κ3) is 4.83. The van der Waals surface area contributed by atoms with Crippen molar-refractivity contribution in [2.24, 2.45) is 5.92 Å². The number of ether oxygens (including phenoxy) is 1. The highest BCUT2D eigenvalue weighted by atomic mass is 32.2. The van der Waals surface area contributed by atoms with Gasteiger partial charge in [-0.15, -0.1) is 0 Å². The zero-order chi connectivity index (χ0) is 21.5. The molecule has 2 aliphatic heterocycles. The van der Waals surface area contributed by atoms with Gasteiger partial charge in [-0.1, -0.05) is 13.2 Å². The van der Waals surface area contributed by atoms with E-state index in [9.17, 15) is 8.42 Å². The number of anilines is 2. The smallest absolute Gasteiger partial charge is 0.153 e. The third-order valence-corrected chi connectivity index (χ3v) is 7.78. The van der Waals surface area contributed by atoms with Gasteiger partial charge in [-0.3, -0.25) is 0 Å². The first-order valence-corrected chi connectivity index (χ1v) is 12.7. The maximum Gasteiger partial charge on any atom is 0.153 e. The molecule has 1 saturated carbocycles. The van der Waals surface area contributed by atoms with Crippen LogP contribution >= 0.6 is 0 Å². The van der Waals surface area contributed by atoms with Crippen molar-refractivity contribution in [1.29, 1.82) is 0 Å². The summed E-state index contributed by atoms with van der Waals surface area (Å²) in [7, 11) is -2.93. The van der Waals surface area contributed by atoms with Crippen LogP contribution < -0.4 is 10.2 Å². The van der Waals surface area contributed by atoms with E-state index < -0.39 is 9.84 Å². The van der Waals surface area contributed by atoms with Crippen molar-refractivity contribution < 1.29 is 13.2 Å². The molecule has 1 aliphatic carbocycles. The van der Waals surface area contributed by atoms with Crippen molar-refractivity contribution in [2.45, 2.75) is 38.9 Å². The molecule has 6 nitrogen and oxygen atoms in total. The second-order valence-electron chi connectivity index (χ2n) is 8.90. The molecule has 7 heteroatoms. The fraction of sp³-hybridized carbons (Fsp3) is 0.565. The van der Waals surface area contributed by atoms with Gasteiger partial charge in [0.05, 0.1) is 23.7 Å². The van der Waals surface area contributed by atoms with Crippen LogP contribution in [0.3, 0.4) is 0 Å². The average molecular weight is 432 g/mol. The Bertz CT molecular complexity index is 915. The summed E-state index contributed by atoms with van der Waals surface area (Å²) in [5.74, 6) is 0.962. The Morgan fingerprint density at radius 2 is 1.73 bits per heavy atom. The van der Waals surface area contributed by atoms with Crippen LogP contribution in [0.1, 0.15) is 32.3 Å². The molecule has 1 N–H and O–H groups in total. The fourth-order valence-electron chi connectivity index (χ4n) is 4.36. The Balaban J connectivity index is 1.62. The van der Waals surface area contributed by atoms with Gasteiger partial charge >= 0.3 is 0 Å². The van der Waals surface area contributed by atoms with Crippen molar-refractivity contribution in [3.05, 3.63) is 42.6 Å². The van der Waals surface area contributed by atoms with Gasteiger partial charge in [-0.2, -0.15) is 0 Å². The van der Waals surface area contributed by atoms with E-state index in [1.54, 1.807) is 0 Å². The number of sulfone groups is 1. The third-order valence-electron chi connectivity index (χ3n) is 6.17. The summed E-state index contributed by atoms with van der Waals surface area (Å²) in [5.41, 5.74) is 5.17. The monoisotopic (exact) mass is 431 g/mol. The van der Waals surface area contributed by atoms with Crippen LogP contribution in [0, 0.1) is 5.92 Å². The molecule has 0 aromatic heterocycles. The molecule has 3 fully saturated rings. The van der Waals surface area contributed by atoms with E-state index in [1.165, 1.54) is 12.8 Å². The number of nitrogens with one attached hydrogen (secondary N) is 1. The lowest BCUT2D eigenvalue weighted by Gasteiger charge is -2.39. The number of morpholine rings is 1. The molecule has 2 saturated heterocycles. The number of hydrogen-bond donors (Lipinski definition) is 1. The SMILES string of the molecule is C=C(Nc1ccc(C(=C)N2CCS(=O)(=O)CC2)c(N2CC(C)OC(C)C2)c1)C1CC1. The Morgan fingerprint density at radius 3 is 2.33 bits per heavy atom. The molecule has 0 spiro atoms. The second-order valence-corrected chi connectivity index (χ2v) is 11.2. The Hall–Kier alpha value is -1.99. The summed E-state index contributed by atoms with van der Waals surface area (Å²) < 4.78 is 29.6. The Labute approximate surface area is 180 Å². The lowest BCUT2D eigenvalue weighted by atomic mass is 10.0. The van der Waals surface area contributed by atoms with Crippen LogP contribution in [-0.2, 0) is 14.6 Å². The van der Waals surface area contributed by atoms with Crippen molar-refractivity contribution in [3.8, 4) is 0 Å². The fourth-order valence-corrected chi connectivity index (χ4v) is 5.56. The predicted molar refractivity (Wildman–Crippen MR) is 123 cm³/mol. The first-order valence-electron chi connectivity index (χ1n) is 10.9. The lowest BCUT2D eigenvalue weighted by molar-refractivity contribution is -0.00523. The lowest BCUT2D eigenvalue weighted by Crippen LogP contribution is -2.46. The molecule has 0 bridgehead atoms. The largest absolute Gasteiger partial charge is 0.372 e. The highest BCUT2D eigenvalue weighted by Gasteiger charge is 2.29. The normalized spacial score (nSPS) is 26.3. The molecular weight excluding hydrogens is 398 g/mol. The van der Waals surface area contributed by atoms with E-state index >= 15 is 0 Å². The van der Waals surface area contributed by atoms with E-state index in [4.69, 9.17) is 4.74 Å². The summed E-state index contributed by atoms with van der Waals surface area (Å²) in [4.78, 5) is 4.47. The van der Waals surface area contributed by atoms with Crippen molar-refractivity contribution >= 4 is 26.9 Å². The molecule has 0 amide bonds. The molecule has 2 unspecified atom stereocenters. The van der Waals surface area contributed by atoms with Gasteiger partial charge < -0.3 is 19.9 Å². The van der Waals surface area contributed by atoms with Crippen LogP contribution in [-0.4, -0.2) is 63.2 Å². The second kappa shape index (κ2) is 8.27. The molecular formula is C23H33N3O3S. The molecule has 30 heavy (non-hydrogen) atoms. The number of benzene rings is 1. The van der Waals surface area contributed by atoms with Gasteiger partial charge in [0, 0.05) is 54.5 Å². The van der Waals surface area contributed by atoms with Crippen LogP contribution in [0.15, 0.2) is 37.1 Å². The molecule has 3 aliphatic rings. The van der Waals surface area contributed by atoms with Crippen LogP contribution in [0.25, 0.3) is 5.70 Å². The van der Waals surface area contributed by atoms with E-state index in [1.807, 2.05) is 0 Å². The maximum absolute atomic E-state index is 11.9. The average Bonchev–Trinajstić information content (AvgIpc) is 3.52. The van der Waals surface area contributed by atoms with Crippen molar-refractivity contribution in [1.82, 2.24) is 4.90 Å². The predicted octanol–water partition coefficient (Wildman–Crippen LogP) is 3.34. The number of rotatable bonds is 6. The molecule has 2 atom stereocenters. The van der Waals surface area contributed by atoms with Gasteiger partial charge in [0.1, 0.15) is 0 Å². The Morgan fingerprint density at radius 1 is 1.10 bits per heavy atom. The number of hydrogen-bond acceptors (Lipinski definition) is 6. The van der Waals surface area contributed by atoms with Crippen molar-refractivity contribution in [2.75, 3.05) is 47.9 Å². The highest BCUT2D eigenvalue weighted by Crippen LogP contribution is 2.38. The van der Waals surface area contributed by atoms with Crippen molar-refractivity contribution in [3.63, 3.8) is 0 Å². The molecule has 164 valence electrons. The van der Waals surface area contributed by atoms with E-state index in [-0.39, 0.29) is 23.7 Å². The molecule has 0 radical (unpaired) electrons. The zero-order valence-corrected chi connectivity index (χ0v) is 18.9. The number of allylic oxidation sites excluding steroid dienone is 1. The molecule has 1 aromatic rings. The minimum Gasteiger partial charge on any atom is -0.372 e. The summed E-state index contributed by atoms with van der Waals surface area (Å²) in [6.45, 7) is 15.4. The standard InChI is InChI=1S/C23H33N3O3S/c1-16-14-26(15-17(2)29-16)23-13-21(24-18(3)20-5-6-20)7-8-22(23)19(4)25-9-11-30(27,28)12-10-25/h7-8,13,16-17,20,24H,3-6,9-12,14-15H2,1-2H3. The zero-order valence-electron chi connectivity index (χ0n) is 18.1. The summed E-state index contributed by atoms with van der Waals surface area (Å²) in [5, 5.41) is 3.49.